The number of carbonyl (C=O) groups is 1. The van der Waals surface area contributed by atoms with Crippen LogP contribution >= 0.6 is 23.8 Å². The summed E-state index contributed by atoms with van der Waals surface area (Å²) in [5, 5.41) is 7.67. The first-order chi connectivity index (χ1) is 17.9. The Morgan fingerprint density at radius 1 is 1.11 bits per heavy atom. The van der Waals surface area contributed by atoms with Gasteiger partial charge in [-0.05, 0) is 85.7 Å². The number of aryl methyl sites for hydroxylation is 2. The molecule has 0 spiro atoms. The zero-order valence-corrected chi connectivity index (χ0v) is 22.4. The van der Waals surface area contributed by atoms with Gasteiger partial charge in [0.15, 0.2) is 5.11 Å². The lowest BCUT2D eigenvalue weighted by Gasteiger charge is -2.26. The Hall–Kier alpha value is -3.68. The number of aromatic nitrogens is 1. The number of nitrogens with one attached hydrogen (secondary N) is 2. The maximum atomic E-state index is 11.9. The summed E-state index contributed by atoms with van der Waals surface area (Å²) in [6, 6.07) is 21.1. The molecule has 2 N–H and O–H groups in total. The van der Waals surface area contributed by atoms with Crippen molar-refractivity contribution in [3.8, 4) is 11.3 Å². The molecule has 0 radical (unpaired) electrons. The standard InChI is InChI=1S/C29H27ClN4O2S/c1-4-26(35)32-22-11-10-20(15-18(22)3)34-28(27(33-29(34)37)23-7-5-6-14-31-23)25-13-12-24(36-25)19-9-8-17(2)21(30)16-19/h5-16,27-28H,4H2,1-3H3,(H,32,35)(H,33,37)/t27-,28+/m1/s1. The van der Waals surface area contributed by atoms with E-state index in [1.165, 1.54) is 0 Å². The number of rotatable bonds is 6. The second-order valence-electron chi connectivity index (χ2n) is 9.06. The van der Waals surface area contributed by atoms with Crippen LogP contribution in [0.4, 0.5) is 11.4 Å². The van der Waals surface area contributed by atoms with Gasteiger partial charge in [0.1, 0.15) is 17.6 Å². The van der Waals surface area contributed by atoms with Crippen molar-refractivity contribution in [2.45, 2.75) is 39.3 Å². The Morgan fingerprint density at radius 3 is 2.65 bits per heavy atom. The van der Waals surface area contributed by atoms with Crippen LogP contribution in [0.1, 0.15) is 48.0 Å². The van der Waals surface area contributed by atoms with Gasteiger partial charge < -0.3 is 20.0 Å². The number of anilines is 2. The van der Waals surface area contributed by atoms with Gasteiger partial charge in [0.2, 0.25) is 5.91 Å². The number of halogens is 1. The minimum absolute atomic E-state index is 0.0263. The molecule has 2 atom stereocenters. The highest BCUT2D eigenvalue weighted by atomic mass is 35.5. The van der Waals surface area contributed by atoms with E-state index in [-0.39, 0.29) is 18.0 Å². The topological polar surface area (TPSA) is 70.4 Å². The maximum absolute atomic E-state index is 11.9. The zero-order valence-electron chi connectivity index (χ0n) is 20.8. The number of hydrogen-bond acceptors (Lipinski definition) is 4. The minimum Gasteiger partial charge on any atom is -0.459 e. The number of furan rings is 1. The van der Waals surface area contributed by atoms with Crippen molar-refractivity contribution in [3.05, 3.63) is 101 Å². The second kappa shape index (κ2) is 10.4. The molecule has 188 valence electrons. The second-order valence-corrected chi connectivity index (χ2v) is 9.86. The number of amides is 1. The van der Waals surface area contributed by atoms with Crippen LogP contribution in [0, 0.1) is 13.8 Å². The maximum Gasteiger partial charge on any atom is 0.224 e. The molecule has 0 unspecified atom stereocenters. The largest absolute Gasteiger partial charge is 0.459 e. The SMILES string of the molecule is CCC(=O)Nc1ccc(N2C(=S)N[C@H](c3ccccn3)[C@@H]2c2ccc(-c3ccc(C)c(Cl)c3)o2)cc1C. The molecule has 3 heterocycles. The molecule has 8 heteroatoms. The van der Waals surface area contributed by atoms with E-state index in [1.54, 1.807) is 6.20 Å². The van der Waals surface area contributed by atoms with Gasteiger partial charge in [-0.3, -0.25) is 9.78 Å². The van der Waals surface area contributed by atoms with E-state index in [1.807, 2.05) is 87.5 Å². The first-order valence-electron chi connectivity index (χ1n) is 12.1. The number of carbonyl (C=O) groups excluding carboxylic acids is 1. The zero-order chi connectivity index (χ0) is 26.1. The highest BCUT2D eigenvalue weighted by molar-refractivity contribution is 7.80. The van der Waals surface area contributed by atoms with Gasteiger partial charge in [-0.15, -0.1) is 0 Å². The Bertz CT molecular complexity index is 1470. The van der Waals surface area contributed by atoms with E-state index in [0.29, 0.717) is 16.6 Å². The monoisotopic (exact) mass is 530 g/mol. The van der Waals surface area contributed by atoms with Crippen molar-refractivity contribution >= 4 is 46.2 Å². The lowest BCUT2D eigenvalue weighted by Crippen LogP contribution is -2.29. The van der Waals surface area contributed by atoms with Gasteiger partial charge in [-0.25, -0.2) is 0 Å². The summed E-state index contributed by atoms with van der Waals surface area (Å²) in [4.78, 5) is 18.6. The van der Waals surface area contributed by atoms with E-state index in [4.69, 9.17) is 28.2 Å². The molecule has 1 saturated heterocycles. The summed E-state index contributed by atoms with van der Waals surface area (Å²) >= 11 is 12.2. The van der Waals surface area contributed by atoms with Gasteiger partial charge in [0, 0.05) is 34.6 Å². The first-order valence-corrected chi connectivity index (χ1v) is 12.9. The van der Waals surface area contributed by atoms with Crippen molar-refractivity contribution in [1.82, 2.24) is 10.3 Å². The Kier molecular flexibility index (Phi) is 7.00. The Morgan fingerprint density at radius 2 is 1.95 bits per heavy atom. The number of thiocarbonyl (C=S) groups is 1. The number of pyridine rings is 1. The van der Waals surface area contributed by atoms with Crippen molar-refractivity contribution in [2.75, 3.05) is 10.2 Å². The van der Waals surface area contributed by atoms with Crippen LogP contribution in [0.25, 0.3) is 11.3 Å². The molecule has 37 heavy (non-hydrogen) atoms. The summed E-state index contributed by atoms with van der Waals surface area (Å²) in [5.74, 6) is 1.44. The predicted octanol–water partition coefficient (Wildman–Crippen LogP) is 7.14. The predicted molar refractivity (Wildman–Crippen MR) is 152 cm³/mol. The van der Waals surface area contributed by atoms with Crippen molar-refractivity contribution < 1.29 is 9.21 Å². The van der Waals surface area contributed by atoms with Gasteiger partial charge in [0.25, 0.3) is 0 Å². The van der Waals surface area contributed by atoms with Gasteiger partial charge in [0.05, 0.1) is 11.7 Å². The van der Waals surface area contributed by atoms with E-state index < -0.39 is 0 Å². The molecule has 5 rings (SSSR count). The lowest BCUT2D eigenvalue weighted by atomic mass is 10.0. The first kappa shape index (κ1) is 25.0. The molecule has 0 aliphatic carbocycles. The van der Waals surface area contributed by atoms with E-state index in [2.05, 4.69) is 20.5 Å². The summed E-state index contributed by atoms with van der Waals surface area (Å²) < 4.78 is 6.44. The molecule has 1 fully saturated rings. The van der Waals surface area contributed by atoms with E-state index in [9.17, 15) is 4.79 Å². The van der Waals surface area contributed by atoms with Crippen molar-refractivity contribution in [1.29, 1.82) is 0 Å². The molecule has 1 amide bonds. The highest BCUT2D eigenvalue weighted by Gasteiger charge is 2.42. The van der Waals surface area contributed by atoms with Crippen LogP contribution in [0.3, 0.4) is 0 Å². The van der Waals surface area contributed by atoms with Gasteiger partial charge in [-0.1, -0.05) is 36.7 Å². The summed E-state index contributed by atoms with van der Waals surface area (Å²) in [6.45, 7) is 5.78. The van der Waals surface area contributed by atoms with Crippen LogP contribution in [-0.2, 0) is 4.79 Å². The van der Waals surface area contributed by atoms with Crippen LogP contribution < -0.4 is 15.5 Å². The smallest absolute Gasteiger partial charge is 0.224 e. The van der Waals surface area contributed by atoms with Crippen molar-refractivity contribution in [3.63, 3.8) is 0 Å². The van der Waals surface area contributed by atoms with Crippen LogP contribution in [-0.4, -0.2) is 16.0 Å². The van der Waals surface area contributed by atoms with Crippen LogP contribution in [0.2, 0.25) is 5.02 Å². The normalized spacial score (nSPS) is 17.1. The average Bonchev–Trinajstić information content (AvgIpc) is 3.52. The van der Waals surface area contributed by atoms with Crippen molar-refractivity contribution in [2.24, 2.45) is 0 Å². The lowest BCUT2D eigenvalue weighted by molar-refractivity contribution is -0.115. The molecule has 0 bridgehead atoms. The molecule has 0 saturated carbocycles. The molecule has 2 aromatic heterocycles. The van der Waals surface area contributed by atoms with Gasteiger partial charge >= 0.3 is 0 Å². The molecule has 4 aromatic rings. The molecule has 2 aromatic carbocycles. The molecule has 1 aliphatic heterocycles. The third-order valence-corrected chi connectivity index (χ3v) is 7.28. The van der Waals surface area contributed by atoms with E-state index in [0.717, 1.165) is 45.3 Å². The third-order valence-electron chi connectivity index (χ3n) is 6.56. The fourth-order valence-corrected chi connectivity index (χ4v) is 5.04. The Labute approximate surface area is 226 Å². The number of benzene rings is 2. The third kappa shape index (κ3) is 4.97. The average molecular weight is 531 g/mol. The molecular formula is C29H27ClN4O2S. The van der Waals surface area contributed by atoms with Gasteiger partial charge in [-0.2, -0.15) is 0 Å². The fourth-order valence-electron chi connectivity index (χ4n) is 4.51. The van der Waals surface area contributed by atoms with Crippen LogP contribution in [0.5, 0.6) is 0 Å². The summed E-state index contributed by atoms with van der Waals surface area (Å²) in [5.41, 5.74) is 5.39. The number of hydrogen-bond donors (Lipinski definition) is 2. The molecule has 1 aliphatic rings. The highest BCUT2D eigenvalue weighted by Crippen LogP contribution is 2.43. The quantitative estimate of drug-likeness (QED) is 0.258. The number of nitrogens with zero attached hydrogens (tertiary/aromatic N) is 2. The Balaban J connectivity index is 1.56. The van der Waals surface area contributed by atoms with E-state index >= 15 is 0 Å². The molecular weight excluding hydrogens is 504 g/mol. The summed E-state index contributed by atoms with van der Waals surface area (Å²) in [7, 11) is 0. The molecule has 6 nitrogen and oxygen atoms in total. The van der Waals surface area contributed by atoms with Crippen LogP contribution in [0.15, 0.2) is 77.3 Å². The minimum atomic E-state index is -0.285. The fraction of sp³-hybridized carbons (Fsp3) is 0.207. The summed E-state index contributed by atoms with van der Waals surface area (Å²) in [6.07, 6.45) is 2.19.